The molecule has 0 aromatic carbocycles. The predicted octanol–water partition coefficient (Wildman–Crippen LogP) is 2.87. The van der Waals surface area contributed by atoms with Gasteiger partial charge in [0.25, 0.3) is 5.91 Å². The number of nitrogens with zero attached hydrogens (tertiary/aromatic N) is 2. The van der Waals surface area contributed by atoms with E-state index in [2.05, 4.69) is 24.1 Å². The summed E-state index contributed by atoms with van der Waals surface area (Å²) in [5.74, 6) is 1.04. The third-order valence-electron chi connectivity index (χ3n) is 3.49. The van der Waals surface area contributed by atoms with Crippen LogP contribution in [0.15, 0.2) is 18.3 Å². The first-order valence-corrected chi connectivity index (χ1v) is 8.13. The van der Waals surface area contributed by atoms with E-state index in [4.69, 9.17) is 0 Å². The number of hydrogen-bond acceptors (Lipinski definition) is 4. The second kappa shape index (κ2) is 6.48. The minimum absolute atomic E-state index is 0.0475. The molecule has 4 nitrogen and oxygen atoms in total. The highest BCUT2D eigenvalue weighted by atomic mass is 32.2. The fourth-order valence-electron chi connectivity index (χ4n) is 2.21. The third kappa shape index (κ3) is 3.88. The molecule has 0 radical (unpaired) electrons. The van der Waals surface area contributed by atoms with Crippen molar-refractivity contribution >= 4 is 23.4 Å². The molecule has 2 heterocycles. The molecule has 0 bridgehead atoms. The Hall–Kier alpha value is -1.23. The van der Waals surface area contributed by atoms with Crippen LogP contribution in [0.2, 0.25) is 0 Å². The monoisotopic (exact) mass is 293 g/mol. The van der Waals surface area contributed by atoms with Gasteiger partial charge in [-0.3, -0.25) is 4.79 Å². The zero-order valence-electron chi connectivity index (χ0n) is 12.5. The molecular weight excluding hydrogens is 270 g/mol. The highest BCUT2D eigenvalue weighted by Crippen LogP contribution is 2.30. The molecule has 1 amide bonds. The van der Waals surface area contributed by atoms with E-state index in [1.807, 2.05) is 35.7 Å². The van der Waals surface area contributed by atoms with Gasteiger partial charge < -0.3 is 10.2 Å². The number of carbonyl (C=O) groups excluding carboxylic acids is 1. The Labute approximate surface area is 125 Å². The van der Waals surface area contributed by atoms with Gasteiger partial charge >= 0.3 is 0 Å². The molecule has 1 aromatic heterocycles. The van der Waals surface area contributed by atoms with E-state index < -0.39 is 0 Å². The summed E-state index contributed by atoms with van der Waals surface area (Å²) < 4.78 is 0.261. The van der Waals surface area contributed by atoms with Crippen molar-refractivity contribution in [3.05, 3.63) is 24.0 Å². The molecular formula is C15H23N3OS. The SMILES string of the molecule is CCNc1ccc(C(=O)N2CCSC(C)(C)CC2)nc1. The minimum atomic E-state index is 0.0475. The molecule has 1 fully saturated rings. The number of anilines is 1. The molecule has 1 aliphatic heterocycles. The van der Waals surface area contributed by atoms with Crippen LogP contribution in [0.1, 0.15) is 37.7 Å². The van der Waals surface area contributed by atoms with Crippen molar-refractivity contribution in [1.29, 1.82) is 0 Å². The van der Waals surface area contributed by atoms with Gasteiger partial charge in [0.2, 0.25) is 0 Å². The van der Waals surface area contributed by atoms with Crippen molar-refractivity contribution in [2.24, 2.45) is 0 Å². The number of pyridine rings is 1. The van der Waals surface area contributed by atoms with Crippen molar-refractivity contribution in [2.75, 3.05) is 30.7 Å². The van der Waals surface area contributed by atoms with Gasteiger partial charge in [0.05, 0.1) is 11.9 Å². The molecule has 0 unspecified atom stereocenters. The van der Waals surface area contributed by atoms with Gasteiger partial charge in [-0.25, -0.2) is 4.98 Å². The molecule has 1 aliphatic rings. The van der Waals surface area contributed by atoms with E-state index in [1.165, 1.54) is 0 Å². The smallest absolute Gasteiger partial charge is 0.272 e. The highest BCUT2D eigenvalue weighted by molar-refractivity contribution is 8.00. The Balaban J connectivity index is 2.03. The van der Waals surface area contributed by atoms with Crippen molar-refractivity contribution < 1.29 is 4.79 Å². The lowest BCUT2D eigenvalue weighted by molar-refractivity contribution is 0.0759. The molecule has 5 heteroatoms. The first-order chi connectivity index (χ1) is 9.52. The van der Waals surface area contributed by atoms with Crippen LogP contribution in [0.5, 0.6) is 0 Å². The zero-order valence-corrected chi connectivity index (χ0v) is 13.3. The van der Waals surface area contributed by atoms with E-state index >= 15 is 0 Å². The molecule has 0 saturated carbocycles. The number of nitrogens with one attached hydrogen (secondary N) is 1. The quantitative estimate of drug-likeness (QED) is 0.931. The third-order valence-corrected chi connectivity index (χ3v) is 4.86. The van der Waals surface area contributed by atoms with E-state index in [1.54, 1.807) is 6.20 Å². The fraction of sp³-hybridized carbons (Fsp3) is 0.600. The second-order valence-electron chi connectivity index (χ2n) is 5.61. The summed E-state index contributed by atoms with van der Waals surface area (Å²) in [4.78, 5) is 18.7. The van der Waals surface area contributed by atoms with Gasteiger partial charge in [-0.15, -0.1) is 0 Å². The molecule has 0 aliphatic carbocycles. The van der Waals surface area contributed by atoms with Gasteiger partial charge in [-0.05, 0) is 25.5 Å². The molecule has 1 aromatic rings. The highest BCUT2D eigenvalue weighted by Gasteiger charge is 2.26. The number of amides is 1. The summed E-state index contributed by atoms with van der Waals surface area (Å²) >= 11 is 1.94. The molecule has 110 valence electrons. The van der Waals surface area contributed by atoms with Gasteiger partial charge in [-0.1, -0.05) is 13.8 Å². The molecule has 20 heavy (non-hydrogen) atoms. The molecule has 1 N–H and O–H groups in total. The van der Waals surface area contributed by atoms with Gasteiger partial charge in [0.15, 0.2) is 0 Å². The second-order valence-corrected chi connectivity index (χ2v) is 7.41. The van der Waals surface area contributed by atoms with Crippen molar-refractivity contribution in [3.8, 4) is 0 Å². The van der Waals surface area contributed by atoms with Gasteiger partial charge in [0.1, 0.15) is 5.69 Å². The number of thioether (sulfide) groups is 1. The summed E-state index contributed by atoms with van der Waals surface area (Å²) in [5, 5.41) is 3.18. The predicted molar refractivity (Wildman–Crippen MR) is 85.5 cm³/mol. The molecule has 0 atom stereocenters. The van der Waals surface area contributed by atoms with E-state index in [9.17, 15) is 4.79 Å². The Morgan fingerprint density at radius 1 is 1.45 bits per heavy atom. The number of hydrogen-bond donors (Lipinski definition) is 1. The minimum Gasteiger partial charge on any atom is -0.384 e. The lowest BCUT2D eigenvalue weighted by Crippen LogP contribution is -2.34. The number of carbonyl (C=O) groups is 1. The van der Waals surface area contributed by atoms with Crippen LogP contribution in [0, 0.1) is 0 Å². The average molecular weight is 293 g/mol. The lowest BCUT2D eigenvalue weighted by Gasteiger charge is -2.22. The maximum absolute atomic E-state index is 12.5. The summed E-state index contributed by atoms with van der Waals surface area (Å²) in [5.41, 5.74) is 1.49. The van der Waals surface area contributed by atoms with Crippen LogP contribution in [0.3, 0.4) is 0 Å². The van der Waals surface area contributed by atoms with Crippen LogP contribution in [-0.4, -0.2) is 45.9 Å². The van der Waals surface area contributed by atoms with Crippen molar-refractivity contribution in [3.63, 3.8) is 0 Å². The Morgan fingerprint density at radius 3 is 2.90 bits per heavy atom. The number of aromatic nitrogens is 1. The molecule has 0 spiro atoms. The summed E-state index contributed by atoms with van der Waals surface area (Å²) in [7, 11) is 0. The Bertz CT molecular complexity index is 459. The first kappa shape index (κ1) is 15.2. The Kier molecular flexibility index (Phi) is 4.91. The van der Waals surface area contributed by atoms with Crippen molar-refractivity contribution in [2.45, 2.75) is 31.9 Å². The maximum atomic E-state index is 12.5. The molecule has 1 saturated heterocycles. The number of rotatable bonds is 3. The standard InChI is InChI=1S/C15H23N3OS/c1-4-16-12-5-6-13(17-11-12)14(19)18-8-7-15(2,3)20-10-9-18/h5-6,11,16H,4,7-10H2,1-3H3. The average Bonchev–Trinajstić information content (AvgIpc) is 2.60. The van der Waals surface area contributed by atoms with Crippen molar-refractivity contribution in [1.82, 2.24) is 9.88 Å². The summed E-state index contributed by atoms with van der Waals surface area (Å²) in [6.07, 6.45) is 2.76. The fourth-order valence-corrected chi connectivity index (χ4v) is 3.31. The summed E-state index contributed by atoms with van der Waals surface area (Å²) in [6, 6.07) is 3.73. The van der Waals surface area contributed by atoms with Crippen LogP contribution in [-0.2, 0) is 0 Å². The largest absolute Gasteiger partial charge is 0.384 e. The zero-order chi connectivity index (χ0) is 14.6. The normalized spacial score (nSPS) is 18.4. The topological polar surface area (TPSA) is 45.2 Å². The first-order valence-electron chi connectivity index (χ1n) is 7.15. The van der Waals surface area contributed by atoms with E-state index in [0.29, 0.717) is 5.69 Å². The van der Waals surface area contributed by atoms with Crippen LogP contribution in [0.25, 0.3) is 0 Å². The Morgan fingerprint density at radius 2 is 2.25 bits per heavy atom. The van der Waals surface area contributed by atoms with Gasteiger partial charge in [0, 0.05) is 30.1 Å². The lowest BCUT2D eigenvalue weighted by atomic mass is 10.1. The van der Waals surface area contributed by atoms with Gasteiger partial charge in [-0.2, -0.15) is 11.8 Å². The van der Waals surface area contributed by atoms with E-state index in [-0.39, 0.29) is 10.7 Å². The summed E-state index contributed by atoms with van der Waals surface area (Å²) in [6.45, 7) is 9.01. The van der Waals surface area contributed by atoms with Crippen LogP contribution >= 0.6 is 11.8 Å². The maximum Gasteiger partial charge on any atom is 0.272 e. The van der Waals surface area contributed by atoms with E-state index in [0.717, 1.165) is 37.5 Å². The van der Waals surface area contributed by atoms with Crippen LogP contribution in [0.4, 0.5) is 5.69 Å². The molecule has 2 rings (SSSR count). The van der Waals surface area contributed by atoms with Crippen LogP contribution < -0.4 is 5.32 Å².